The van der Waals surface area contributed by atoms with E-state index in [4.69, 9.17) is 0 Å². The molecule has 0 radical (unpaired) electrons. The van der Waals surface area contributed by atoms with E-state index in [9.17, 15) is 10.2 Å². The van der Waals surface area contributed by atoms with Crippen LogP contribution in [-0.4, -0.2) is 30.1 Å². The highest BCUT2D eigenvalue weighted by molar-refractivity contribution is 7.19. The fourth-order valence-electron chi connectivity index (χ4n) is 2.97. The molecule has 0 bridgehead atoms. The lowest BCUT2D eigenvalue weighted by molar-refractivity contribution is 0.459. The van der Waals surface area contributed by atoms with Crippen molar-refractivity contribution < 1.29 is 10.2 Å². The number of nitrogens with zero attached hydrogens (tertiary/aromatic N) is 4. The van der Waals surface area contributed by atoms with Crippen molar-refractivity contribution in [1.29, 1.82) is 0 Å². The molecule has 30 heavy (non-hydrogen) atoms. The third-order valence-electron chi connectivity index (χ3n) is 4.40. The van der Waals surface area contributed by atoms with E-state index in [-0.39, 0.29) is 11.8 Å². The molecule has 0 aliphatic heterocycles. The van der Waals surface area contributed by atoms with Crippen molar-refractivity contribution >= 4 is 22.7 Å². The minimum Gasteiger partial charge on any atom is -0.492 e. The molecule has 0 aliphatic carbocycles. The van der Waals surface area contributed by atoms with E-state index in [0.717, 1.165) is 22.5 Å². The lowest BCUT2D eigenvalue weighted by Gasteiger charge is -2.01. The topological polar surface area (TPSA) is 92.0 Å². The van der Waals surface area contributed by atoms with Crippen molar-refractivity contribution in [1.82, 2.24) is 19.9 Å². The third-order valence-corrected chi connectivity index (χ3v) is 6.63. The summed E-state index contributed by atoms with van der Waals surface area (Å²) in [5, 5.41) is 22.0. The number of hydrogen-bond acceptors (Lipinski definition) is 8. The smallest absolute Gasteiger partial charge is 0.230 e. The van der Waals surface area contributed by atoms with Gasteiger partial charge in [-0.25, -0.2) is 0 Å². The van der Waals surface area contributed by atoms with Crippen molar-refractivity contribution in [3.63, 3.8) is 0 Å². The van der Waals surface area contributed by atoms with Gasteiger partial charge in [0.1, 0.15) is 10.0 Å². The zero-order chi connectivity index (χ0) is 20.5. The van der Waals surface area contributed by atoms with E-state index in [1.54, 1.807) is 12.4 Å². The molecule has 0 atom stereocenters. The number of aromatic hydroxyl groups is 2. The molecule has 0 amide bonds. The summed E-state index contributed by atoms with van der Waals surface area (Å²) < 4.78 is 0. The van der Waals surface area contributed by atoms with Crippen LogP contribution in [0.2, 0.25) is 0 Å². The number of benzene rings is 1. The maximum Gasteiger partial charge on any atom is 0.230 e. The Balaban J connectivity index is 1.46. The van der Waals surface area contributed by atoms with Gasteiger partial charge < -0.3 is 10.2 Å². The predicted molar refractivity (Wildman–Crippen MR) is 118 cm³/mol. The Hall–Kier alpha value is -3.62. The van der Waals surface area contributed by atoms with Gasteiger partial charge in [-0.15, -0.1) is 22.7 Å². The average molecular weight is 431 g/mol. The van der Waals surface area contributed by atoms with Crippen LogP contribution in [0, 0.1) is 0 Å². The van der Waals surface area contributed by atoms with Crippen LogP contribution in [0.25, 0.3) is 42.3 Å². The van der Waals surface area contributed by atoms with Gasteiger partial charge in [-0.2, -0.15) is 9.97 Å². The molecule has 6 nitrogen and oxygen atoms in total. The van der Waals surface area contributed by atoms with Crippen LogP contribution in [0.5, 0.6) is 11.8 Å². The van der Waals surface area contributed by atoms with Gasteiger partial charge in [-0.05, 0) is 35.4 Å². The summed E-state index contributed by atoms with van der Waals surface area (Å²) in [6.45, 7) is 0. The summed E-state index contributed by atoms with van der Waals surface area (Å²) in [7, 11) is 0. The Morgan fingerprint density at radius 1 is 0.567 bits per heavy atom. The fourth-order valence-corrected chi connectivity index (χ4v) is 4.85. The summed E-state index contributed by atoms with van der Waals surface area (Å²) >= 11 is 2.76. The van der Waals surface area contributed by atoms with Crippen molar-refractivity contribution in [3.05, 3.63) is 73.1 Å². The minimum atomic E-state index is -0.0218. The van der Waals surface area contributed by atoms with Crippen LogP contribution in [-0.2, 0) is 0 Å². The van der Waals surface area contributed by atoms with Gasteiger partial charge >= 0.3 is 0 Å². The molecule has 1 aromatic carbocycles. The molecule has 5 aromatic rings. The summed E-state index contributed by atoms with van der Waals surface area (Å²) in [5.74, 6) is -0.0436. The van der Waals surface area contributed by atoms with Crippen molar-refractivity contribution in [3.8, 4) is 54.0 Å². The summed E-state index contributed by atoms with van der Waals surface area (Å²) in [6.07, 6.45) is 3.39. The second kappa shape index (κ2) is 7.66. The van der Waals surface area contributed by atoms with E-state index in [1.165, 1.54) is 22.7 Å². The quantitative estimate of drug-likeness (QED) is 0.393. The third kappa shape index (κ3) is 3.42. The first kappa shape index (κ1) is 18.4. The van der Waals surface area contributed by atoms with Crippen LogP contribution in [0.4, 0.5) is 0 Å². The van der Waals surface area contributed by atoms with Crippen molar-refractivity contribution in [2.75, 3.05) is 0 Å². The van der Waals surface area contributed by atoms with Crippen LogP contribution in [0.15, 0.2) is 73.1 Å². The van der Waals surface area contributed by atoms with Gasteiger partial charge in [0.05, 0.1) is 21.1 Å². The Morgan fingerprint density at radius 2 is 1.00 bits per heavy atom. The first-order chi connectivity index (χ1) is 14.7. The van der Waals surface area contributed by atoms with Gasteiger partial charge in [0, 0.05) is 12.4 Å². The second-order valence-corrected chi connectivity index (χ2v) is 8.35. The maximum absolute atomic E-state index is 10.3. The molecule has 4 heterocycles. The maximum atomic E-state index is 10.3. The molecule has 0 spiro atoms. The van der Waals surface area contributed by atoms with Gasteiger partial charge in [-0.3, -0.25) is 9.97 Å². The van der Waals surface area contributed by atoms with Gasteiger partial charge in [-0.1, -0.05) is 36.4 Å². The molecule has 4 aromatic heterocycles. The van der Waals surface area contributed by atoms with E-state index in [1.807, 2.05) is 60.7 Å². The van der Waals surface area contributed by atoms with E-state index < -0.39 is 0 Å². The lowest BCUT2D eigenvalue weighted by atomic mass is 10.1. The molecule has 0 saturated carbocycles. The lowest BCUT2D eigenvalue weighted by Crippen LogP contribution is -1.78. The number of thiazole rings is 2. The van der Waals surface area contributed by atoms with E-state index >= 15 is 0 Å². The Morgan fingerprint density at radius 3 is 1.37 bits per heavy atom. The fraction of sp³-hybridized carbons (Fsp3) is 0. The predicted octanol–water partition coefficient (Wildman–Crippen LogP) is 5.47. The summed E-state index contributed by atoms with van der Waals surface area (Å²) in [4.78, 5) is 18.4. The summed E-state index contributed by atoms with van der Waals surface area (Å²) in [5.41, 5.74) is 3.12. The Labute approximate surface area is 179 Å². The second-order valence-electron chi connectivity index (χ2n) is 6.35. The Bertz CT molecular complexity index is 1200. The van der Waals surface area contributed by atoms with Gasteiger partial charge in [0.2, 0.25) is 11.8 Å². The normalized spacial score (nSPS) is 10.9. The Kier molecular flexibility index (Phi) is 4.70. The summed E-state index contributed by atoms with van der Waals surface area (Å²) in [6, 6.07) is 18.7. The molecule has 0 saturated heterocycles. The van der Waals surface area contributed by atoms with Gasteiger partial charge in [0.25, 0.3) is 0 Å². The molecular formula is C22H14N4O2S2. The van der Waals surface area contributed by atoms with Crippen LogP contribution in [0.3, 0.4) is 0 Å². The molecule has 2 N–H and O–H groups in total. The van der Waals surface area contributed by atoms with Crippen LogP contribution in [0.1, 0.15) is 0 Å². The van der Waals surface area contributed by atoms with E-state index in [2.05, 4.69) is 19.9 Å². The van der Waals surface area contributed by atoms with Crippen molar-refractivity contribution in [2.24, 2.45) is 0 Å². The number of hydrogen-bond donors (Lipinski definition) is 2. The first-order valence-electron chi connectivity index (χ1n) is 9.02. The number of aromatic nitrogens is 4. The van der Waals surface area contributed by atoms with Crippen LogP contribution >= 0.6 is 22.7 Å². The van der Waals surface area contributed by atoms with Crippen molar-refractivity contribution in [2.45, 2.75) is 0 Å². The molecular weight excluding hydrogens is 416 g/mol. The highest BCUT2D eigenvalue weighted by Crippen LogP contribution is 2.42. The zero-order valence-corrected chi connectivity index (χ0v) is 17.1. The molecule has 0 fully saturated rings. The average Bonchev–Trinajstić information content (AvgIpc) is 3.38. The SMILES string of the molecule is Oc1nc(-c2ccccn2)sc1-c1ccc(-c2sc(-c3ccccn3)nc2O)cc1. The largest absolute Gasteiger partial charge is 0.492 e. The zero-order valence-electron chi connectivity index (χ0n) is 15.4. The van der Waals surface area contributed by atoms with Gasteiger partial charge in [0.15, 0.2) is 0 Å². The highest BCUT2D eigenvalue weighted by atomic mass is 32.1. The molecule has 8 heteroatoms. The number of pyridine rings is 2. The van der Waals surface area contributed by atoms with Crippen LogP contribution < -0.4 is 0 Å². The molecule has 0 unspecified atom stereocenters. The standard InChI is InChI=1S/C22H14N4O2S2/c27-19-17(29-21(25-19)15-5-1-3-11-23-15)13-7-9-14(10-8-13)18-20(28)26-22(30-18)16-6-2-4-12-24-16/h1-12,27-28H. The molecule has 146 valence electrons. The first-order valence-corrected chi connectivity index (χ1v) is 10.7. The highest BCUT2D eigenvalue weighted by Gasteiger charge is 2.17. The number of rotatable bonds is 4. The molecule has 0 aliphatic rings. The van der Waals surface area contributed by atoms with E-state index in [0.29, 0.717) is 19.8 Å². The molecule has 5 rings (SSSR count). The minimum absolute atomic E-state index is 0.0218. The monoisotopic (exact) mass is 430 g/mol.